The van der Waals surface area contributed by atoms with Crippen molar-refractivity contribution in [1.82, 2.24) is 9.88 Å². The van der Waals surface area contributed by atoms with E-state index in [4.69, 9.17) is 4.74 Å². The third-order valence-electron chi connectivity index (χ3n) is 4.44. The summed E-state index contributed by atoms with van der Waals surface area (Å²) >= 11 is 0. The molecule has 2 aromatic rings. The van der Waals surface area contributed by atoms with Crippen molar-refractivity contribution in [2.45, 2.75) is 19.9 Å². The van der Waals surface area contributed by atoms with Gasteiger partial charge in [-0.2, -0.15) is 0 Å². The van der Waals surface area contributed by atoms with E-state index < -0.39 is 0 Å². The zero-order chi connectivity index (χ0) is 18.5. The van der Waals surface area contributed by atoms with E-state index in [1.165, 1.54) is 0 Å². The van der Waals surface area contributed by atoms with Crippen LogP contribution < -0.4 is 15.0 Å². The van der Waals surface area contributed by atoms with Gasteiger partial charge in [0.15, 0.2) is 0 Å². The summed E-state index contributed by atoms with van der Waals surface area (Å²) in [5.74, 6) is 0.843. The van der Waals surface area contributed by atoms with E-state index in [9.17, 15) is 4.79 Å². The summed E-state index contributed by atoms with van der Waals surface area (Å²) in [4.78, 5) is 21.2. The molecule has 0 spiro atoms. The van der Waals surface area contributed by atoms with E-state index in [1.807, 2.05) is 29.2 Å². The Bertz CT molecular complexity index is 738. The first-order chi connectivity index (χ1) is 12.6. The van der Waals surface area contributed by atoms with Crippen molar-refractivity contribution in [1.29, 1.82) is 0 Å². The second-order valence-corrected chi connectivity index (χ2v) is 6.71. The maximum Gasteiger partial charge on any atom is 0.272 e. The summed E-state index contributed by atoms with van der Waals surface area (Å²) in [5, 5.41) is 3.31. The van der Waals surface area contributed by atoms with Crippen LogP contribution in [-0.4, -0.2) is 55.1 Å². The number of anilines is 2. The van der Waals surface area contributed by atoms with Crippen molar-refractivity contribution >= 4 is 17.3 Å². The van der Waals surface area contributed by atoms with Crippen LogP contribution in [0, 0.1) is 0 Å². The minimum absolute atomic E-state index is 0.00760. The van der Waals surface area contributed by atoms with Gasteiger partial charge in [-0.1, -0.05) is 0 Å². The molecule has 26 heavy (non-hydrogen) atoms. The Morgan fingerprint density at radius 1 is 1.12 bits per heavy atom. The molecule has 1 fully saturated rings. The number of rotatable bonds is 5. The van der Waals surface area contributed by atoms with Crippen LogP contribution in [-0.2, 0) is 0 Å². The molecule has 6 heteroatoms. The van der Waals surface area contributed by atoms with Crippen LogP contribution >= 0.6 is 0 Å². The monoisotopic (exact) mass is 354 g/mol. The fourth-order valence-corrected chi connectivity index (χ4v) is 3.09. The van der Waals surface area contributed by atoms with Gasteiger partial charge in [0.25, 0.3) is 5.91 Å². The third-order valence-corrected chi connectivity index (χ3v) is 4.44. The molecule has 1 amide bonds. The molecular weight excluding hydrogens is 328 g/mol. The topological polar surface area (TPSA) is 57.7 Å². The van der Waals surface area contributed by atoms with E-state index in [1.54, 1.807) is 13.3 Å². The van der Waals surface area contributed by atoms with Crippen molar-refractivity contribution in [2.24, 2.45) is 0 Å². The molecule has 0 atom stereocenters. The molecule has 6 nitrogen and oxygen atoms in total. The Balaban J connectivity index is 1.61. The lowest BCUT2D eigenvalue weighted by Crippen LogP contribution is -2.49. The lowest BCUT2D eigenvalue weighted by Gasteiger charge is -2.36. The predicted octanol–water partition coefficient (Wildman–Crippen LogP) is 2.87. The Kier molecular flexibility index (Phi) is 5.61. The first-order valence-electron chi connectivity index (χ1n) is 8.97. The van der Waals surface area contributed by atoms with E-state index in [0.29, 0.717) is 24.8 Å². The number of nitrogens with zero attached hydrogens (tertiary/aromatic N) is 3. The van der Waals surface area contributed by atoms with E-state index in [2.05, 4.69) is 41.2 Å². The van der Waals surface area contributed by atoms with Gasteiger partial charge in [0.1, 0.15) is 11.4 Å². The van der Waals surface area contributed by atoms with Gasteiger partial charge in [-0.3, -0.25) is 9.78 Å². The maximum atomic E-state index is 12.8. The second kappa shape index (κ2) is 8.08. The quantitative estimate of drug-likeness (QED) is 0.895. The van der Waals surface area contributed by atoms with E-state index in [-0.39, 0.29) is 5.91 Å². The number of hydrogen-bond acceptors (Lipinski definition) is 5. The van der Waals surface area contributed by atoms with Gasteiger partial charge in [-0.05, 0) is 50.2 Å². The summed E-state index contributed by atoms with van der Waals surface area (Å²) < 4.78 is 5.20. The Morgan fingerprint density at radius 2 is 1.81 bits per heavy atom. The van der Waals surface area contributed by atoms with Gasteiger partial charge in [0.05, 0.1) is 7.11 Å². The number of methoxy groups -OCH3 is 1. The fraction of sp³-hybridized carbons (Fsp3) is 0.400. The number of hydrogen-bond donors (Lipinski definition) is 1. The number of pyridine rings is 1. The Morgan fingerprint density at radius 3 is 2.42 bits per heavy atom. The van der Waals surface area contributed by atoms with Crippen LogP contribution in [0.2, 0.25) is 0 Å². The standard InChI is InChI=1S/C20H26N4O2/c1-15(2)22-16-8-9-21-19(14-16)20(25)24-12-10-23(11-13-24)17-4-6-18(26-3)7-5-17/h4-9,14-15H,10-13H2,1-3H3,(H,21,22). The highest BCUT2D eigenvalue weighted by Gasteiger charge is 2.23. The van der Waals surface area contributed by atoms with Crippen LogP contribution in [0.5, 0.6) is 5.75 Å². The number of carbonyl (C=O) groups excluding carboxylic acids is 1. The number of amides is 1. The fourth-order valence-electron chi connectivity index (χ4n) is 3.09. The van der Waals surface area contributed by atoms with Crippen LogP contribution in [0.4, 0.5) is 11.4 Å². The molecule has 2 heterocycles. The molecule has 0 aliphatic carbocycles. The molecule has 1 saturated heterocycles. The van der Waals surface area contributed by atoms with Crippen LogP contribution in [0.25, 0.3) is 0 Å². The number of benzene rings is 1. The van der Waals surface area contributed by atoms with Gasteiger partial charge < -0.3 is 19.9 Å². The molecule has 0 radical (unpaired) electrons. The largest absolute Gasteiger partial charge is 0.497 e. The molecule has 1 aliphatic rings. The number of ether oxygens (including phenoxy) is 1. The zero-order valence-electron chi connectivity index (χ0n) is 15.6. The van der Waals surface area contributed by atoms with Gasteiger partial charge in [-0.15, -0.1) is 0 Å². The lowest BCUT2D eigenvalue weighted by atomic mass is 10.2. The minimum Gasteiger partial charge on any atom is -0.497 e. The number of nitrogens with one attached hydrogen (secondary N) is 1. The SMILES string of the molecule is COc1ccc(N2CCN(C(=O)c3cc(NC(C)C)ccn3)CC2)cc1. The van der Waals surface area contributed by atoms with E-state index in [0.717, 1.165) is 30.2 Å². The Labute approximate surface area is 154 Å². The smallest absolute Gasteiger partial charge is 0.272 e. The molecule has 1 aromatic carbocycles. The summed E-state index contributed by atoms with van der Waals surface area (Å²) in [6.45, 7) is 7.13. The molecule has 0 saturated carbocycles. The van der Waals surface area contributed by atoms with Crippen molar-refractivity contribution in [3.63, 3.8) is 0 Å². The van der Waals surface area contributed by atoms with Gasteiger partial charge in [0.2, 0.25) is 0 Å². The van der Waals surface area contributed by atoms with Gasteiger partial charge in [0, 0.05) is 49.8 Å². The molecule has 1 aliphatic heterocycles. The first kappa shape index (κ1) is 18.0. The maximum absolute atomic E-state index is 12.8. The minimum atomic E-state index is -0.00760. The summed E-state index contributed by atoms with van der Waals surface area (Å²) in [6.07, 6.45) is 1.69. The number of carbonyl (C=O) groups is 1. The summed E-state index contributed by atoms with van der Waals surface area (Å²) in [7, 11) is 1.67. The van der Waals surface area contributed by atoms with Gasteiger partial charge in [-0.25, -0.2) is 0 Å². The van der Waals surface area contributed by atoms with Crippen LogP contribution in [0.3, 0.4) is 0 Å². The predicted molar refractivity (Wildman–Crippen MR) is 104 cm³/mol. The summed E-state index contributed by atoms with van der Waals surface area (Å²) in [5.41, 5.74) is 2.57. The molecule has 1 N–H and O–H groups in total. The molecule has 3 rings (SSSR count). The number of aromatic nitrogens is 1. The van der Waals surface area contributed by atoms with Crippen molar-refractivity contribution in [2.75, 3.05) is 43.5 Å². The first-order valence-corrected chi connectivity index (χ1v) is 8.97. The van der Waals surface area contributed by atoms with Crippen LogP contribution in [0.15, 0.2) is 42.6 Å². The lowest BCUT2D eigenvalue weighted by molar-refractivity contribution is 0.0741. The molecule has 0 unspecified atom stereocenters. The third kappa shape index (κ3) is 4.25. The molecule has 138 valence electrons. The van der Waals surface area contributed by atoms with Crippen molar-refractivity contribution in [3.8, 4) is 5.75 Å². The van der Waals surface area contributed by atoms with Gasteiger partial charge >= 0.3 is 0 Å². The zero-order valence-corrected chi connectivity index (χ0v) is 15.6. The normalized spacial score (nSPS) is 14.5. The van der Waals surface area contributed by atoms with E-state index >= 15 is 0 Å². The second-order valence-electron chi connectivity index (χ2n) is 6.71. The molecular formula is C20H26N4O2. The molecule has 0 bridgehead atoms. The average molecular weight is 354 g/mol. The highest BCUT2D eigenvalue weighted by Crippen LogP contribution is 2.21. The Hall–Kier alpha value is -2.76. The molecule has 1 aromatic heterocycles. The number of piperazine rings is 1. The van der Waals surface area contributed by atoms with Crippen molar-refractivity contribution in [3.05, 3.63) is 48.3 Å². The highest BCUT2D eigenvalue weighted by molar-refractivity contribution is 5.93. The van der Waals surface area contributed by atoms with Crippen molar-refractivity contribution < 1.29 is 9.53 Å². The summed E-state index contributed by atoms with van der Waals surface area (Å²) in [6, 6.07) is 12.1. The average Bonchev–Trinajstić information content (AvgIpc) is 2.67. The highest BCUT2D eigenvalue weighted by atomic mass is 16.5. The van der Waals surface area contributed by atoms with Crippen LogP contribution in [0.1, 0.15) is 24.3 Å².